The van der Waals surface area contributed by atoms with Crippen LogP contribution in [0.5, 0.6) is 5.75 Å². The lowest BCUT2D eigenvalue weighted by Crippen LogP contribution is -2.28. The fraction of sp³-hybridized carbons (Fsp3) is 0.0698. The molecule has 1 amide bonds. The van der Waals surface area contributed by atoms with Gasteiger partial charge in [0.25, 0.3) is 0 Å². The highest BCUT2D eigenvalue weighted by atomic mass is 16.5. The Morgan fingerprint density at radius 1 is 0.729 bits per heavy atom. The second-order valence-electron chi connectivity index (χ2n) is 9.41. The fourth-order valence-corrected chi connectivity index (χ4v) is 4.13. The lowest BCUT2D eigenvalue weighted by atomic mass is 10.1. The average Bonchev–Trinajstić information content (AvgIpc) is 3.50. The molecule has 4 aromatic rings. The number of ether oxygens (including phenoxy) is 1. The van der Waals surface area contributed by atoms with Crippen LogP contribution in [0.2, 0.25) is 0 Å². The van der Waals surface area contributed by atoms with Gasteiger partial charge < -0.3 is 14.6 Å². The van der Waals surface area contributed by atoms with Crippen LogP contribution in [0.25, 0.3) is 22.6 Å². The van der Waals surface area contributed by atoms with E-state index in [1.54, 1.807) is 24.0 Å². The molecule has 0 unspecified atom stereocenters. The Labute approximate surface area is 281 Å². The lowest BCUT2D eigenvalue weighted by molar-refractivity contribution is -0.116. The highest BCUT2D eigenvalue weighted by Gasteiger charge is 2.20. The van der Waals surface area contributed by atoms with Crippen molar-refractivity contribution in [2.24, 2.45) is 0 Å². The molecule has 3 aromatic carbocycles. The van der Waals surface area contributed by atoms with E-state index >= 15 is 0 Å². The zero-order valence-corrected chi connectivity index (χ0v) is 26.0. The Bertz CT molecular complexity index is 2390. The maximum Gasteiger partial charge on any atom is 0.224 e. The molecule has 5 nitrogen and oxygen atoms in total. The first kappa shape index (κ1) is 33.1. The summed E-state index contributed by atoms with van der Waals surface area (Å²) < 4.78 is 5.46. The number of nitrogens with one attached hydrogen (secondary N) is 1. The van der Waals surface area contributed by atoms with Crippen LogP contribution in [0.3, 0.4) is 0 Å². The minimum Gasteiger partial charge on any atom is -0.407 e. The molecule has 4 rings (SSSR count). The summed E-state index contributed by atoms with van der Waals surface area (Å²) in [6.07, 6.45) is 7.50. The van der Waals surface area contributed by atoms with Gasteiger partial charge in [0.15, 0.2) is 0 Å². The first-order valence-electron chi connectivity index (χ1n) is 14.3. The molecule has 0 aliphatic carbocycles. The number of carbonyl (C=O) groups is 1. The van der Waals surface area contributed by atoms with Crippen molar-refractivity contribution in [3.63, 3.8) is 0 Å². The smallest absolute Gasteiger partial charge is 0.224 e. The summed E-state index contributed by atoms with van der Waals surface area (Å²) in [5.74, 6) is 41.0. The number of hydrogen-bond acceptors (Lipinski definition) is 3. The van der Waals surface area contributed by atoms with Gasteiger partial charge in [-0.15, -0.1) is 6.42 Å². The number of anilines is 1. The van der Waals surface area contributed by atoms with Crippen molar-refractivity contribution in [2.75, 3.05) is 4.90 Å². The minimum atomic E-state index is -0.0926. The van der Waals surface area contributed by atoms with E-state index in [4.69, 9.17) is 16.1 Å². The number of carbonyl (C=O) groups excluding carboxylic acids is 1. The number of H-pyrrole nitrogens is 1. The van der Waals surface area contributed by atoms with Crippen molar-refractivity contribution < 1.29 is 9.53 Å². The molecule has 0 bridgehead atoms. The molecule has 0 saturated heterocycles. The SMILES string of the molecule is C#CC#CC#CC#CC#CC#CC#CC#CC#COc1ccc(CN(C(C)=O)c2ccccc2-c2nc(-c3ccccc3)[nH]c2C)cc1. The van der Waals surface area contributed by atoms with Crippen LogP contribution in [0, 0.1) is 114 Å². The number of amides is 1. The normalized spacial score (nSPS) is 8.27. The van der Waals surface area contributed by atoms with Gasteiger partial charge in [0, 0.05) is 71.1 Å². The van der Waals surface area contributed by atoms with Crippen LogP contribution < -0.4 is 9.64 Å². The van der Waals surface area contributed by atoms with E-state index in [2.05, 4.69) is 106 Å². The summed E-state index contributed by atoms with van der Waals surface area (Å²) in [6.45, 7) is 3.89. The molecular formula is C43H23N3O2. The number of hydrogen-bond donors (Lipinski definition) is 1. The number of imidazole rings is 1. The van der Waals surface area contributed by atoms with E-state index in [9.17, 15) is 4.79 Å². The first-order chi connectivity index (χ1) is 23.6. The number of aromatic nitrogens is 2. The van der Waals surface area contributed by atoms with Crippen LogP contribution in [0.15, 0.2) is 78.9 Å². The van der Waals surface area contributed by atoms with Crippen molar-refractivity contribution in [3.8, 4) is 136 Å². The molecule has 0 radical (unpaired) electrons. The molecule has 48 heavy (non-hydrogen) atoms. The predicted molar refractivity (Wildman–Crippen MR) is 189 cm³/mol. The molecule has 0 aliphatic rings. The third-order valence-electron chi connectivity index (χ3n) is 6.19. The predicted octanol–water partition coefficient (Wildman–Crippen LogP) is 5.60. The maximum atomic E-state index is 12.9. The number of terminal acetylenes is 1. The van der Waals surface area contributed by atoms with Gasteiger partial charge in [-0.05, 0) is 78.0 Å². The van der Waals surface area contributed by atoms with Crippen molar-refractivity contribution in [3.05, 3.63) is 90.1 Å². The Morgan fingerprint density at radius 3 is 1.85 bits per heavy atom. The Balaban J connectivity index is 1.36. The van der Waals surface area contributed by atoms with Crippen molar-refractivity contribution in [1.82, 2.24) is 9.97 Å². The molecule has 1 N–H and O–H groups in total. The van der Waals surface area contributed by atoms with E-state index in [-0.39, 0.29) is 5.91 Å². The molecule has 0 spiro atoms. The van der Waals surface area contributed by atoms with Gasteiger partial charge in [-0.25, -0.2) is 4.98 Å². The van der Waals surface area contributed by atoms with E-state index in [1.807, 2.05) is 73.7 Å². The van der Waals surface area contributed by atoms with Crippen molar-refractivity contribution >= 4 is 11.6 Å². The van der Waals surface area contributed by atoms with Crippen LogP contribution in [-0.2, 0) is 11.3 Å². The Morgan fingerprint density at radius 2 is 1.27 bits per heavy atom. The van der Waals surface area contributed by atoms with Gasteiger partial charge in [-0.1, -0.05) is 60.7 Å². The van der Waals surface area contributed by atoms with E-state index in [0.29, 0.717) is 12.3 Å². The average molecular weight is 614 g/mol. The van der Waals surface area contributed by atoms with Crippen molar-refractivity contribution in [1.29, 1.82) is 0 Å². The number of aryl methyl sites for hydroxylation is 1. The summed E-state index contributed by atoms with van der Waals surface area (Å²) in [6, 6.07) is 25.0. The summed E-state index contributed by atoms with van der Waals surface area (Å²) in [7, 11) is 0. The molecule has 1 aromatic heterocycles. The lowest BCUT2D eigenvalue weighted by Gasteiger charge is -2.24. The van der Waals surface area contributed by atoms with Crippen LogP contribution in [0.4, 0.5) is 5.69 Å². The Kier molecular flexibility index (Phi) is 12.5. The van der Waals surface area contributed by atoms with Crippen LogP contribution in [0.1, 0.15) is 18.2 Å². The van der Waals surface area contributed by atoms with E-state index < -0.39 is 0 Å². The van der Waals surface area contributed by atoms with Crippen molar-refractivity contribution in [2.45, 2.75) is 20.4 Å². The highest BCUT2D eigenvalue weighted by Crippen LogP contribution is 2.34. The summed E-state index contributed by atoms with van der Waals surface area (Å²) in [5.41, 5.74) is 5.24. The number of aromatic amines is 1. The minimum absolute atomic E-state index is 0.0926. The van der Waals surface area contributed by atoms with Gasteiger partial charge >= 0.3 is 0 Å². The van der Waals surface area contributed by atoms with Gasteiger partial charge in [0.2, 0.25) is 5.91 Å². The number of benzene rings is 3. The number of rotatable bonds is 6. The zero-order chi connectivity index (χ0) is 33.8. The Hall–Kier alpha value is -7.82. The molecule has 1 heterocycles. The second-order valence-corrected chi connectivity index (χ2v) is 9.41. The van der Waals surface area contributed by atoms with Crippen LogP contribution >= 0.6 is 0 Å². The number of nitrogens with zero attached hydrogens (tertiary/aromatic N) is 2. The maximum absolute atomic E-state index is 12.9. The molecule has 0 atom stereocenters. The molecule has 5 heteroatoms. The quantitative estimate of drug-likeness (QED) is 0.288. The van der Waals surface area contributed by atoms with Gasteiger partial charge in [0.05, 0.1) is 17.9 Å². The second kappa shape index (κ2) is 18.1. The molecular weight excluding hydrogens is 590 g/mol. The molecule has 0 aliphatic heterocycles. The number of para-hydroxylation sites is 1. The standard InChI is InChI=1S/C43H23N3O2/c1-4-5-6-7-8-9-10-11-12-13-14-15-16-17-18-24-33-48-39-31-29-37(30-32-39)34-46(36(3)47)41-28-23-22-27-40(41)42-35(2)44-43(45-42)38-25-20-19-21-26-38/h1,19-23,25-32H,34H2,2-3H3,(H,44,45). The molecule has 0 fully saturated rings. The fourth-order valence-electron chi connectivity index (χ4n) is 4.13. The van der Waals surface area contributed by atoms with Gasteiger partial charge in [0.1, 0.15) is 17.7 Å². The largest absolute Gasteiger partial charge is 0.407 e. The van der Waals surface area contributed by atoms with Crippen LogP contribution in [-0.4, -0.2) is 15.9 Å². The first-order valence-corrected chi connectivity index (χ1v) is 14.3. The molecule has 222 valence electrons. The molecule has 0 saturated carbocycles. The summed E-state index contributed by atoms with van der Waals surface area (Å²) >= 11 is 0. The summed E-state index contributed by atoms with van der Waals surface area (Å²) in [4.78, 5) is 22.9. The van der Waals surface area contributed by atoms with Gasteiger partial charge in [-0.3, -0.25) is 4.79 Å². The zero-order valence-electron chi connectivity index (χ0n) is 26.0. The van der Waals surface area contributed by atoms with Gasteiger partial charge in [-0.2, -0.15) is 0 Å². The van der Waals surface area contributed by atoms with E-state index in [1.165, 1.54) is 0 Å². The van der Waals surface area contributed by atoms with E-state index in [0.717, 1.165) is 39.6 Å². The third kappa shape index (κ3) is 10.1. The monoisotopic (exact) mass is 613 g/mol. The highest BCUT2D eigenvalue weighted by molar-refractivity contribution is 5.96. The summed E-state index contributed by atoms with van der Waals surface area (Å²) in [5, 5.41) is 0. The third-order valence-corrected chi connectivity index (χ3v) is 6.19. The topological polar surface area (TPSA) is 58.2 Å².